The molecule has 1 unspecified atom stereocenters. The van der Waals surface area contributed by atoms with Gasteiger partial charge >= 0.3 is 0 Å². The Morgan fingerprint density at radius 2 is 1.40 bits per heavy atom. The molecule has 0 spiro atoms. The quantitative estimate of drug-likeness (QED) is 0.0360. The largest absolute Gasteiger partial charge is 0.505 e. The van der Waals surface area contributed by atoms with Gasteiger partial charge in [0, 0.05) is 27.5 Å². The lowest BCUT2D eigenvalue weighted by Gasteiger charge is -2.15. The summed E-state index contributed by atoms with van der Waals surface area (Å²) in [6.45, 7) is 0. The maximum absolute atomic E-state index is 12.6. The fourth-order valence-corrected chi connectivity index (χ4v) is 7.70. The number of fused-ring (bicyclic) bond motifs is 2. The molecule has 0 aliphatic carbocycles. The molecule has 0 saturated carbocycles. The molecule has 7 N–H and O–H groups in total. The van der Waals surface area contributed by atoms with Crippen LogP contribution in [0, 0.1) is 0 Å². The first kappa shape index (κ1) is 41.7. The van der Waals surface area contributed by atoms with Crippen LogP contribution in [-0.4, -0.2) is 75.0 Å². The Balaban J connectivity index is 1.51. The Labute approximate surface area is 344 Å². The van der Waals surface area contributed by atoms with Crippen LogP contribution >= 0.6 is 43.5 Å². The van der Waals surface area contributed by atoms with Gasteiger partial charge in [-0.15, -0.1) is 10.2 Å². The molecule has 0 fully saturated rings. The molecule has 1 atom stereocenters. The first-order valence-corrected chi connectivity index (χ1v) is 22.2. The normalized spacial score (nSPS) is 12.9. The summed E-state index contributed by atoms with van der Waals surface area (Å²) < 4.78 is 104. The predicted octanol–water partition coefficient (Wildman–Crippen LogP) is 7.28. The van der Waals surface area contributed by atoms with Crippen molar-refractivity contribution in [1.29, 1.82) is 0 Å². The number of azo groups is 1. The number of rotatable bonds is 12. The van der Waals surface area contributed by atoms with E-state index < -0.39 is 89.4 Å². The number of carbonyl (C=O) groups excluding carboxylic acids is 1. The molecule has 0 aliphatic rings. The number of hydrogen-bond donors (Lipinski definition) is 7. The molecule has 1 heterocycles. The number of halogens is 3. The van der Waals surface area contributed by atoms with E-state index in [4.69, 9.17) is 11.6 Å². The van der Waals surface area contributed by atoms with Crippen LogP contribution in [0.5, 0.6) is 5.75 Å². The summed E-state index contributed by atoms with van der Waals surface area (Å²) in [6, 6.07) is 18.0. The highest BCUT2D eigenvalue weighted by Gasteiger charge is 2.27. The Morgan fingerprint density at radius 1 is 0.754 bits per heavy atom. The van der Waals surface area contributed by atoms with Crippen molar-refractivity contribution in [2.24, 2.45) is 10.2 Å². The van der Waals surface area contributed by atoms with Crippen molar-refractivity contribution in [3.8, 4) is 5.75 Å². The lowest BCUT2D eigenvalue weighted by atomic mass is 10.1. The van der Waals surface area contributed by atoms with E-state index in [1.165, 1.54) is 0 Å². The number of carbonyl (C=O) groups is 1. The van der Waals surface area contributed by atoms with Crippen molar-refractivity contribution in [3.05, 3.63) is 84.1 Å². The standard InChI is InChI=1S/C32H23Br2ClN8O11S3/c33-14-20(34)29(45)36-17-8-9-24(56(49,50)51)22(12-17)42-43-27-25(57(52,53)54)11-16-10-18(55(46,47)48)13-23(26(16)28(27)44)38-32-40-30(35)39-31(41-32)37-21-7-3-5-15-4-1-2-6-19(15)21/h1-13,20,44H,14H2,(H,36,45)(H,46,47,48)(H,49,50,51)(H,52,53,54)(H2,37,38,39,40,41). The van der Waals surface area contributed by atoms with Gasteiger partial charge < -0.3 is 21.1 Å². The van der Waals surface area contributed by atoms with E-state index in [0.717, 1.165) is 41.1 Å². The predicted molar refractivity (Wildman–Crippen MR) is 216 cm³/mol. The van der Waals surface area contributed by atoms with Crippen LogP contribution in [0.4, 0.5) is 40.3 Å². The second kappa shape index (κ2) is 16.1. The molecular weight excluding hydrogens is 964 g/mol. The average molecular weight is 987 g/mol. The van der Waals surface area contributed by atoms with Gasteiger partial charge in [0.05, 0.1) is 10.6 Å². The van der Waals surface area contributed by atoms with Crippen molar-refractivity contribution in [3.63, 3.8) is 0 Å². The van der Waals surface area contributed by atoms with Crippen LogP contribution in [0.3, 0.4) is 0 Å². The molecule has 0 radical (unpaired) electrons. The van der Waals surface area contributed by atoms with Crippen molar-refractivity contribution >= 4 is 142 Å². The van der Waals surface area contributed by atoms with Gasteiger partial charge in [0.15, 0.2) is 5.75 Å². The van der Waals surface area contributed by atoms with Crippen molar-refractivity contribution in [2.75, 3.05) is 21.3 Å². The number of amides is 1. The van der Waals surface area contributed by atoms with E-state index in [2.05, 4.69) is 73.0 Å². The first-order chi connectivity index (χ1) is 26.7. The first-order valence-electron chi connectivity index (χ1n) is 15.5. The molecule has 6 rings (SSSR count). The Bertz CT molecular complexity index is 2990. The molecule has 296 valence electrons. The molecule has 0 bridgehead atoms. The third-order valence-corrected chi connectivity index (χ3v) is 12.8. The van der Waals surface area contributed by atoms with Crippen LogP contribution in [0.25, 0.3) is 21.5 Å². The number of anilines is 5. The van der Waals surface area contributed by atoms with Gasteiger partial charge in [-0.05, 0) is 64.8 Å². The number of phenolic OH excluding ortho intramolecular Hbond substituents is 1. The molecular formula is C32H23Br2ClN8O11S3. The molecule has 0 saturated heterocycles. The van der Waals surface area contributed by atoms with Crippen molar-refractivity contribution in [1.82, 2.24) is 15.0 Å². The highest BCUT2D eigenvalue weighted by atomic mass is 79.9. The number of nitrogens with one attached hydrogen (secondary N) is 3. The lowest BCUT2D eigenvalue weighted by Crippen LogP contribution is -2.23. The monoisotopic (exact) mass is 984 g/mol. The van der Waals surface area contributed by atoms with E-state index in [-0.39, 0.29) is 28.2 Å². The smallest absolute Gasteiger partial charge is 0.296 e. The minimum atomic E-state index is -5.34. The van der Waals surface area contributed by atoms with Crippen LogP contribution in [0.15, 0.2) is 104 Å². The second-order valence-electron chi connectivity index (χ2n) is 11.6. The van der Waals surface area contributed by atoms with Crippen molar-refractivity contribution in [2.45, 2.75) is 19.5 Å². The van der Waals surface area contributed by atoms with E-state index in [1.807, 2.05) is 30.3 Å². The molecule has 57 heavy (non-hydrogen) atoms. The Morgan fingerprint density at radius 3 is 2.05 bits per heavy atom. The minimum absolute atomic E-state index is 0.0426. The zero-order valence-corrected chi connectivity index (χ0v) is 34.4. The van der Waals surface area contributed by atoms with Gasteiger partial charge in [0.1, 0.15) is 26.0 Å². The molecule has 0 aliphatic heterocycles. The number of hydrogen-bond acceptors (Lipinski definition) is 15. The number of nitrogens with zero attached hydrogens (tertiary/aromatic N) is 5. The average Bonchev–Trinajstić information content (AvgIpc) is 3.12. The van der Waals surface area contributed by atoms with Gasteiger partial charge in [-0.2, -0.15) is 40.2 Å². The molecule has 19 nitrogen and oxygen atoms in total. The van der Waals surface area contributed by atoms with Crippen LogP contribution in [-0.2, 0) is 35.1 Å². The molecule has 1 amide bonds. The number of aromatic hydroxyl groups is 1. The third kappa shape index (κ3) is 9.45. The fourth-order valence-electron chi connectivity index (χ4n) is 5.32. The van der Waals surface area contributed by atoms with Gasteiger partial charge in [0.2, 0.25) is 23.1 Å². The summed E-state index contributed by atoms with van der Waals surface area (Å²) in [6.07, 6.45) is 0. The van der Waals surface area contributed by atoms with Crippen LogP contribution < -0.4 is 16.0 Å². The maximum Gasteiger partial charge on any atom is 0.296 e. The van der Waals surface area contributed by atoms with E-state index in [1.54, 1.807) is 12.1 Å². The highest BCUT2D eigenvalue weighted by Crippen LogP contribution is 2.46. The Hall–Kier alpha value is -4.92. The minimum Gasteiger partial charge on any atom is -0.505 e. The van der Waals surface area contributed by atoms with E-state index >= 15 is 0 Å². The molecule has 1 aromatic heterocycles. The summed E-state index contributed by atoms with van der Waals surface area (Å²) in [7, 11) is -15.4. The maximum atomic E-state index is 12.6. The topological polar surface area (TPSA) is 300 Å². The fraction of sp³-hybridized carbons (Fsp3) is 0.0625. The second-order valence-corrected chi connectivity index (χ2v) is 17.9. The SMILES string of the molecule is O=C(Nc1ccc(S(=O)(=O)O)c(N=Nc2c(S(=O)(=O)O)cc3cc(S(=O)(=O)O)cc(Nc4nc(Cl)nc(Nc5cccc6ccccc56)n4)c3c2O)c1)C(Br)CBr. The lowest BCUT2D eigenvalue weighted by molar-refractivity contribution is -0.115. The zero-order valence-electron chi connectivity index (χ0n) is 28.0. The summed E-state index contributed by atoms with van der Waals surface area (Å²) in [4.78, 5) is 21.2. The van der Waals surface area contributed by atoms with Gasteiger partial charge in [-0.25, -0.2) is 0 Å². The summed E-state index contributed by atoms with van der Waals surface area (Å²) in [5.74, 6) is -2.10. The summed E-state index contributed by atoms with van der Waals surface area (Å²) in [5, 5.41) is 27.9. The van der Waals surface area contributed by atoms with Gasteiger partial charge in [-0.1, -0.05) is 68.3 Å². The van der Waals surface area contributed by atoms with Crippen LogP contribution in [0.1, 0.15) is 0 Å². The number of aromatic nitrogens is 3. The van der Waals surface area contributed by atoms with Crippen molar-refractivity contribution < 1.29 is 48.8 Å². The van der Waals surface area contributed by atoms with Crippen LogP contribution in [0.2, 0.25) is 5.28 Å². The highest BCUT2D eigenvalue weighted by molar-refractivity contribution is 9.12. The number of alkyl halides is 2. The van der Waals surface area contributed by atoms with E-state index in [9.17, 15) is 48.8 Å². The third-order valence-electron chi connectivity index (χ3n) is 7.77. The summed E-state index contributed by atoms with van der Waals surface area (Å²) in [5.41, 5.74) is -1.53. The summed E-state index contributed by atoms with van der Waals surface area (Å²) >= 11 is 12.5. The number of benzene rings is 5. The Kier molecular flexibility index (Phi) is 11.8. The zero-order chi connectivity index (χ0) is 41.4. The number of phenols is 1. The van der Waals surface area contributed by atoms with E-state index in [0.29, 0.717) is 11.8 Å². The van der Waals surface area contributed by atoms with Gasteiger partial charge in [0.25, 0.3) is 30.4 Å². The molecule has 6 aromatic rings. The van der Waals surface area contributed by atoms with Gasteiger partial charge in [-0.3, -0.25) is 18.5 Å². The molecule has 25 heteroatoms. The molecule has 5 aromatic carbocycles.